The number of rotatable bonds is 8. The predicted octanol–water partition coefficient (Wildman–Crippen LogP) is 15.3. The molecule has 2 atom stereocenters. The van der Waals surface area contributed by atoms with Crippen LogP contribution in [0.3, 0.4) is 0 Å². The molecule has 11 rings (SSSR count). The van der Waals surface area contributed by atoms with Crippen molar-refractivity contribution in [3.63, 3.8) is 0 Å². The van der Waals surface area contributed by atoms with Crippen LogP contribution in [0.4, 0.5) is 11.4 Å². The zero-order valence-electron chi connectivity index (χ0n) is 33.0. The summed E-state index contributed by atoms with van der Waals surface area (Å²) in [7, 11) is 0. The Balaban J connectivity index is 1.06. The highest BCUT2D eigenvalue weighted by molar-refractivity contribution is 6.02. The first-order chi connectivity index (χ1) is 29.7. The SMILES string of the molecule is C1=CC2Oc3cc(-c4cc(-c5ccccc5)cc(-c5ccccc5)c4)c4ccccc4c3C2C(N(c2ccc(-c3ccccc3)cc2)c2ccc(-c3ccccc3)cc2)=C1. The Labute approximate surface area is 351 Å². The monoisotopic (exact) mass is 767 g/mol. The topological polar surface area (TPSA) is 12.5 Å². The number of hydrogen-bond acceptors (Lipinski definition) is 2. The van der Waals surface area contributed by atoms with Crippen molar-refractivity contribution < 1.29 is 4.74 Å². The Morgan fingerprint density at radius 1 is 0.367 bits per heavy atom. The third kappa shape index (κ3) is 6.49. The highest BCUT2D eigenvalue weighted by Gasteiger charge is 2.41. The van der Waals surface area contributed by atoms with E-state index in [0.29, 0.717) is 0 Å². The van der Waals surface area contributed by atoms with Crippen LogP contribution in [0.2, 0.25) is 0 Å². The average Bonchev–Trinajstić information content (AvgIpc) is 3.72. The van der Waals surface area contributed by atoms with Crippen LogP contribution in [0.5, 0.6) is 5.75 Å². The summed E-state index contributed by atoms with van der Waals surface area (Å²) in [6.07, 6.45) is 6.52. The van der Waals surface area contributed by atoms with Gasteiger partial charge in [-0.25, -0.2) is 0 Å². The molecule has 0 bridgehead atoms. The van der Waals surface area contributed by atoms with Gasteiger partial charge in [-0.3, -0.25) is 0 Å². The van der Waals surface area contributed by atoms with Gasteiger partial charge >= 0.3 is 0 Å². The number of ether oxygens (including phenoxy) is 1. The van der Waals surface area contributed by atoms with E-state index in [2.05, 4.69) is 242 Å². The molecule has 2 unspecified atom stereocenters. The molecular weight excluding hydrogens is 727 g/mol. The second-order valence-corrected chi connectivity index (χ2v) is 15.6. The third-order valence-corrected chi connectivity index (χ3v) is 12.0. The molecule has 0 spiro atoms. The maximum atomic E-state index is 7.06. The first-order valence-electron chi connectivity index (χ1n) is 20.7. The van der Waals surface area contributed by atoms with Gasteiger partial charge in [-0.05, 0) is 127 Å². The Morgan fingerprint density at radius 2 is 0.783 bits per heavy atom. The quantitative estimate of drug-likeness (QED) is 0.153. The van der Waals surface area contributed by atoms with Gasteiger partial charge in [0.1, 0.15) is 11.9 Å². The van der Waals surface area contributed by atoms with Gasteiger partial charge in [0, 0.05) is 22.6 Å². The Kier molecular flexibility index (Phi) is 9.02. The third-order valence-electron chi connectivity index (χ3n) is 12.0. The van der Waals surface area contributed by atoms with E-state index < -0.39 is 0 Å². The molecule has 0 fully saturated rings. The van der Waals surface area contributed by atoms with Gasteiger partial charge in [0.15, 0.2) is 0 Å². The summed E-state index contributed by atoms with van der Waals surface area (Å²) >= 11 is 0. The molecule has 2 heteroatoms. The Bertz CT molecular complexity index is 2880. The highest BCUT2D eigenvalue weighted by Crippen LogP contribution is 2.53. The Hall–Kier alpha value is -7.68. The number of benzene rings is 9. The average molecular weight is 768 g/mol. The van der Waals surface area contributed by atoms with Crippen molar-refractivity contribution in [1.82, 2.24) is 0 Å². The molecule has 2 aliphatic rings. The maximum Gasteiger partial charge on any atom is 0.130 e. The summed E-state index contributed by atoms with van der Waals surface area (Å²) in [5.41, 5.74) is 16.5. The molecule has 0 radical (unpaired) electrons. The smallest absolute Gasteiger partial charge is 0.130 e. The van der Waals surface area contributed by atoms with Crippen molar-refractivity contribution in [2.45, 2.75) is 12.0 Å². The predicted molar refractivity (Wildman–Crippen MR) is 251 cm³/mol. The van der Waals surface area contributed by atoms with Gasteiger partial charge < -0.3 is 9.64 Å². The lowest BCUT2D eigenvalue weighted by molar-refractivity contribution is 0.264. The van der Waals surface area contributed by atoms with Gasteiger partial charge in [0.05, 0.1) is 5.92 Å². The van der Waals surface area contributed by atoms with Crippen LogP contribution in [-0.4, -0.2) is 6.10 Å². The summed E-state index contributed by atoms with van der Waals surface area (Å²) in [5.74, 6) is 0.892. The van der Waals surface area contributed by atoms with Crippen LogP contribution >= 0.6 is 0 Å². The summed E-state index contributed by atoms with van der Waals surface area (Å²) in [4.78, 5) is 2.43. The molecule has 9 aromatic rings. The van der Waals surface area contributed by atoms with Crippen LogP contribution in [0.15, 0.2) is 242 Å². The lowest BCUT2D eigenvalue weighted by Crippen LogP contribution is -2.29. The number of hydrogen-bond donors (Lipinski definition) is 0. The number of anilines is 2. The first-order valence-corrected chi connectivity index (χ1v) is 20.7. The van der Waals surface area contributed by atoms with E-state index in [4.69, 9.17) is 4.74 Å². The van der Waals surface area contributed by atoms with Gasteiger partial charge in [0.2, 0.25) is 0 Å². The van der Waals surface area contributed by atoms with Crippen molar-refractivity contribution in [3.05, 3.63) is 248 Å². The zero-order valence-corrected chi connectivity index (χ0v) is 33.0. The van der Waals surface area contributed by atoms with Gasteiger partial charge in [-0.1, -0.05) is 176 Å². The molecule has 9 aromatic carbocycles. The lowest BCUT2D eigenvalue weighted by Gasteiger charge is -2.34. The highest BCUT2D eigenvalue weighted by atomic mass is 16.5. The molecule has 1 heterocycles. The molecule has 1 aliphatic heterocycles. The minimum Gasteiger partial charge on any atom is -0.485 e. The standard InChI is InChI=1S/C58H41NO/c1-5-16-40(17-6-1)44-28-32-49(33-29-44)59(50-34-30-45(31-35-50)41-18-7-2-8-19-41)54-26-15-27-55-58(54)57-52-25-14-13-24-51(52)53(39-56(57)60-55)48-37-46(42-20-9-3-10-21-42)36-47(38-48)43-22-11-4-12-23-43/h1-39,55,58H. The molecule has 284 valence electrons. The van der Waals surface area contributed by atoms with Gasteiger partial charge in [-0.2, -0.15) is 0 Å². The molecule has 0 aromatic heterocycles. The van der Waals surface area contributed by atoms with E-state index in [1.54, 1.807) is 0 Å². The van der Waals surface area contributed by atoms with Crippen LogP contribution in [0.25, 0.3) is 66.4 Å². The fourth-order valence-corrected chi connectivity index (χ4v) is 9.15. The maximum absolute atomic E-state index is 7.06. The largest absolute Gasteiger partial charge is 0.485 e. The van der Waals surface area contributed by atoms with E-state index in [1.807, 2.05) is 0 Å². The molecule has 1 aliphatic carbocycles. The van der Waals surface area contributed by atoms with Gasteiger partial charge in [-0.15, -0.1) is 0 Å². The van der Waals surface area contributed by atoms with Crippen molar-refractivity contribution in [3.8, 4) is 61.4 Å². The van der Waals surface area contributed by atoms with E-state index >= 15 is 0 Å². The Morgan fingerprint density at radius 3 is 1.28 bits per heavy atom. The number of nitrogens with zero attached hydrogens (tertiary/aromatic N) is 1. The summed E-state index contributed by atoms with van der Waals surface area (Å²) < 4.78 is 7.06. The summed E-state index contributed by atoms with van der Waals surface area (Å²) in [6, 6.07) is 78.7. The van der Waals surface area contributed by atoms with Crippen LogP contribution in [0.1, 0.15) is 11.5 Å². The summed E-state index contributed by atoms with van der Waals surface area (Å²) in [5, 5.41) is 2.42. The second kappa shape index (κ2) is 15.2. The lowest BCUT2D eigenvalue weighted by atomic mass is 9.83. The van der Waals surface area contributed by atoms with Crippen molar-refractivity contribution in [2.75, 3.05) is 4.90 Å². The number of allylic oxidation sites excluding steroid dienone is 2. The normalized spacial score (nSPS) is 15.2. The van der Waals surface area contributed by atoms with E-state index in [1.165, 1.54) is 66.5 Å². The molecule has 0 saturated heterocycles. The van der Waals surface area contributed by atoms with Crippen LogP contribution in [-0.2, 0) is 0 Å². The fourth-order valence-electron chi connectivity index (χ4n) is 9.15. The van der Waals surface area contributed by atoms with E-state index in [9.17, 15) is 0 Å². The second-order valence-electron chi connectivity index (χ2n) is 15.6. The summed E-state index contributed by atoms with van der Waals surface area (Å²) in [6.45, 7) is 0. The molecular formula is C58H41NO. The number of fused-ring (bicyclic) bond motifs is 5. The van der Waals surface area contributed by atoms with E-state index in [-0.39, 0.29) is 12.0 Å². The van der Waals surface area contributed by atoms with Crippen molar-refractivity contribution in [1.29, 1.82) is 0 Å². The minimum atomic E-state index is -0.163. The molecule has 0 saturated carbocycles. The zero-order chi connectivity index (χ0) is 39.8. The fraction of sp³-hybridized carbons (Fsp3) is 0.0345. The van der Waals surface area contributed by atoms with Crippen LogP contribution < -0.4 is 9.64 Å². The van der Waals surface area contributed by atoms with Gasteiger partial charge in [0.25, 0.3) is 0 Å². The minimum absolute atomic E-state index is 0.0397. The first kappa shape index (κ1) is 35.5. The molecule has 2 nitrogen and oxygen atoms in total. The van der Waals surface area contributed by atoms with Crippen LogP contribution in [0, 0.1) is 0 Å². The van der Waals surface area contributed by atoms with Crippen molar-refractivity contribution >= 4 is 22.1 Å². The van der Waals surface area contributed by atoms with E-state index in [0.717, 1.165) is 28.3 Å². The van der Waals surface area contributed by atoms with Crippen molar-refractivity contribution in [2.24, 2.45) is 0 Å². The molecule has 0 N–H and O–H groups in total. The molecule has 0 amide bonds. The molecule has 60 heavy (non-hydrogen) atoms.